The maximum Gasteiger partial charge on any atom is 0.195 e. The summed E-state index contributed by atoms with van der Waals surface area (Å²) < 4.78 is 36.4. The van der Waals surface area contributed by atoms with Crippen molar-refractivity contribution < 1.29 is 33.2 Å². The molecule has 0 aromatic heterocycles. The van der Waals surface area contributed by atoms with Crippen LogP contribution in [0.4, 0.5) is 0 Å². The topological polar surface area (TPSA) is 75.7 Å². The summed E-state index contributed by atoms with van der Waals surface area (Å²) >= 11 is 0. The molecule has 37 heavy (non-hydrogen) atoms. The molecule has 0 bridgehead atoms. The van der Waals surface area contributed by atoms with Crippen LogP contribution in [0, 0.1) is 0 Å². The highest BCUT2D eigenvalue weighted by Gasteiger charge is 2.53. The number of nitrogens with zero attached hydrogens (tertiary/aromatic N) is 1. The fraction of sp³-hybridized carbons (Fsp3) is 0.483. The second-order valence-corrected chi connectivity index (χ2v) is 10.4. The minimum Gasteiger partial charge on any atom is -0.352 e. The van der Waals surface area contributed by atoms with Crippen molar-refractivity contribution in [2.45, 2.75) is 69.2 Å². The van der Waals surface area contributed by atoms with Crippen LogP contribution in [0.3, 0.4) is 0 Å². The van der Waals surface area contributed by atoms with E-state index in [1.54, 1.807) is 7.11 Å². The van der Waals surface area contributed by atoms with Crippen molar-refractivity contribution in [3.8, 4) is 0 Å². The fourth-order valence-electron chi connectivity index (χ4n) is 5.74. The van der Waals surface area contributed by atoms with E-state index in [0.29, 0.717) is 18.7 Å². The molecule has 0 unspecified atom stereocenters. The zero-order valence-electron chi connectivity index (χ0n) is 21.3. The van der Waals surface area contributed by atoms with Crippen LogP contribution in [0.15, 0.2) is 72.3 Å². The monoisotopic (exact) mass is 507 g/mol. The largest absolute Gasteiger partial charge is 0.352 e. The molecule has 0 amide bonds. The third-order valence-corrected chi connectivity index (χ3v) is 7.37. The first-order valence-electron chi connectivity index (χ1n) is 12.8. The maximum absolute atomic E-state index is 13.9. The predicted molar refractivity (Wildman–Crippen MR) is 133 cm³/mol. The molecule has 4 saturated heterocycles. The van der Waals surface area contributed by atoms with E-state index >= 15 is 0 Å². The molecule has 0 radical (unpaired) electrons. The predicted octanol–water partition coefficient (Wildman–Crippen LogP) is 3.37. The average Bonchev–Trinajstić information content (AvgIpc) is 3.37. The van der Waals surface area contributed by atoms with Gasteiger partial charge in [-0.15, -0.1) is 0 Å². The Morgan fingerprint density at radius 1 is 1.00 bits per heavy atom. The van der Waals surface area contributed by atoms with E-state index < -0.39 is 30.6 Å². The molecule has 0 N–H and O–H groups in total. The van der Waals surface area contributed by atoms with Crippen LogP contribution in [0.5, 0.6) is 0 Å². The van der Waals surface area contributed by atoms with Gasteiger partial charge in [0.05, 0.1) is 18.2 Å². The van der Waals surface area contributed by atoms with E-state index in [2.05, 4.69) is 17.0 Å². The zero-order chi connectivity index (χ0) is 25.6. The number of likely N-dealkylation sites (tertiary alicyclic amines) is 1. The number of fused-ring (bicyclic) bond motifs is 2. The number of hydrogen-bond acceptors (Lipinski definition) is 8. The van der Waals surface area contributed by atoms with E-state index in [1.807, 2.05) is 68.5 Å². The van der Waals surface area contributed by atoms with Gasteiger partial charge in [-0.2, -0.15) is 0 Å². The molecule has 2 aromatic rings. The van der Waals surface area contributed by atoms with Gasteiger partial charge in [-0.3, -0.25) is 9.69 Å². The highest BCUT2D eigenvalue weighted by atomic mass is 16.8. The number of methoxy groups -OCH3 is 1. The summed E-state index contributed by atoms with van der Waals surface area (Å²) in [5, 5.41) is 0. The molecule has 8 heteroatoms. The number of carbonyl (C=O) groups excluding carboxylic acids is 1. The summed E-state index contributed by atoms with van der Waals surface area (Å²) in [5.74, 6) is -0.829. The van der Waals surface area contributed by atoms with E-state index in [0.717, 1.165) is 5.56 Å². The van der Waals surface area contributed by atoms with Crippen molar-refractivity contribution in [1.82, 2.24) is 4.90 Å². The van der Waals surface area contributed by atoms with E-state index in [9.17, 15) is 4.79 Å². The van der Waals surface area contributed by atoms with Gasteiger partial charge in [0.1, 0.15) is 18.3 Å². The summed E-state index contributed by atoms with van der Waals surface area (Å²) in [5.41, 5.74) is 2.48. The van der Waals surface area contributed by atoms with Crippen molar-refractivity contribution in [1.29, 1.82) is 0 Å². The van der Waals surface area contributed by atoms with Crippen molar-refractivity contribution in [2.24, 2.45) is 0 Å². The standard InChI is InChI=1S/C29H33NO7/c1-29(2)36-22-16-30(15-18-10-6-4-7-11-18)21(25(22)37-29)14-20-24(31)26-23(34-28(20)32-3)17-33-27(35-26)19-12-8-5-9-13-19/h4-14,21-23,25-28H,15-17H2,1-3H3/b20-14-/t21-,22+,23-,25-,26-,27-,28+/m1/s1. The van der Waals surface area contributed by atoms with Crippen molar-refractivity contribution in [2.75, 3.05) is 20.3 Å². The molecule has 196 valence electrons. The number of hydrogen-bond donors (Lipinski definition) is 0. The van der Waals surface area contributed by atoms with Crippen LogP contribution in [0.1, 0.15) is 31.3 Å². The van der Waals surface area contributed by atoms with Gasteiger partial charge in [0.25, 0.3) is 0 Å². The molecule has 0 saturated carbocycles. The average molecular weight is 508 g/mol. The van der Waals surface area contributed by atoms with Crippen LogP contribution < -0.4 is 0 Å². The lowest BCUT2D eigenvalue weighted by Crippen LogP contribution is -2.55. The summed E-state index contributed by atoms with van der Waals surface area (Å²) in [6, 6.07) is 19.7. The highest BCUT2D eigenvalue weighted by Crippen LogP contribution is 2.40. The van der Waals surface area contributed by atoms with Crippen LogP contribution in [0.25, 0.3) is 0 Å². The molecule has 4 heterocycles. The first kappa shape index (κ1) is 24.9. The summed E-state index contributed by atoms with van der Waals surface area (Å²) in [6.07, 6.45) is -1.15. The smallest absolute Gasteiger partial charge is 0.195 e. The summed E-state index contributed by atoms with van der Waals surface area (Å²) in [6.45, 7) is 5.48. The molecule has 8 nitrogen and oxygen atoms in total. The quantitative estimate of drug-likeness (QED) is 0.571. The van der Waals surface area contributed by atoms with E-state index in [4.69, 9.17) is 28.4 Å². The van der Waals surface area contributed by atoms with Crippen LogP contribution in [-0.2, 0) is 39.8 Å². The Morgan fingerprint density at radius 2 is 1.73 bits per heavy atom. The lowest BCUT2D eigenvalue weighted by Gasteiger charge is -2.41. The molecule has 0 aliphatic carbocycles. The lowest BCUT2D eigenvalue weighted by molar-refractivity contribution is -0.288. The molecular weight excluding hydrogens is 474 g/mol. The Labute approximate surface area is 217 Å². The molecule has 4 aliphatic heterocycles. The van der Waals surface area contributed by atoms with Gasteiger partial charge in [0.2, 0.25) is 0 Å². The van der Waals surface area contributed by atoms with Gasteiger partial charge in [0.15, 0.2) is 30.3 Å². The Bertz CT molecular complexity index is 1140. The number of ether oxygens (including phenoxy) is 6. The van der Waals surface area contributed by atoms with E-state index in [1.165, 1.54) is 5.56 Å². The first-order valence-corrected chi connectivity index (χ1v) is 12.8. The second kappa shape index (κ2) is 10.0. The Morgan fingerprint density at radius 3 is 2.46 bits per heavy atom. The minimum atomic E-state index is -0.817. The van der Waals surface area contributed by atoms with Gasteiger partial charge in [-0.1, -0.05) is 66.7 Å². The van der Waals surface area contributed by atoms with Gasteiger partial charge < -0.3 is 28.4 Å². The first-order chi connectivity index (χ1) is 17.9. The normalized spacial score (nSPS) is 36.5. The fourth-order valence-corrected chi connectivity index (χ4v) is 5.74. The van der Waals surface area contributed by atoms with Crippen LogP contribution in [0.2, 0.25) is 0 Å². The third-order valence-electron chi connectivity index (χ3n) is 7.37. The number of rotatable bonds is 5. The molecule has 7 atom stereocenters. The van der Waals surface area contributed by atoms with Crippen LogP contribution >= 0.6 is 0 Å². The third kappa shape index (κ3) is 4.91. The molecule has 6 rings (SSSR count). The molecule has 0 spiro atoms. The minimum absolute atomic E-state index is 0.101. The van der Waals surface area contributed by atoms with E-state index in [-0.39, 0.29) is 30.6 Å². The van der Waals surface area contributed by atoms with Crippen molar-refractivity contribution in [3.05, 3.63) is 83.4 Å². The second-order valence-electron chi connectivity index (χ2n) is 10.4. The zero-order valence-corrected chi connectivity index (χ0v) is 21.3. The Balaban J connectivity index is 1.29. The molecule has 4 aliphatic rings. The Hall–Kier alpha value is -2.43. The molecule has 2 aromatic carbocycles. The number of ketones is 1. The van der Waals surface area contributed by atoms with Gasteiger partial charge in [-0.05, 0) is 19.4 Å². The van der Waals surface area contributed by atoms with Crippen LogP contribution in [-0.4, -0.2) is 73.5 Å². The number of carbonyl (C=O) groups is 1. The van der Waals surface area contributed by atoms with Crippen molar-refractivity contribution >= 4 is 5.78 Å². The SMILES string of the molecule is CO[C@H]1O[C@@H]2CO[C@@H](c3ccccc3)O[C@H]2C(=O)/C1=C/[C@@H]1[C@H]2OC(C)(C)O[C@H]2CN1Cc1ccccc1. The molecule has 4 fully saturated rings. The molecular formula is C29H33NO7. The number of benzene rings is 2. The summed E-state index contributed by atoms with van der Waals surface area (Å²) in [7, 11) is 1.54. The van der Waals surface area contributed by atoms with Gasteiger partial charge in [0, 0.05) is 25.8 Å². The van der Waals surface area contributed by atoms with Gasteiger partial charge >= 0.3 is 0 Å². The Kier molecular flexibility index (Phi) is 6.75. The van der Waals surface area contributed by atoms with Crippen molar-refractivity contribution in [3.63, 3.8) is 0 Å². The number of Topliss-reactive ketones (excluding diaryl/α,β-unsaturated/α-hetero) is 1. The maximum atomic E-state index is 13.9. The van der Waals surface area contributed by atoms with Gasteiger partial charge in [-0.25, -0.2) is 0 Å². The lowest BCUT2D eigenvalue weighted by atomic mass is 9.94. The highest BCUT2D eigenvalue weighted by molar-refractivity contribution is 6.00. The summed E-state index contributed by atoms with van der Waals surface area (Å²) in [4.78, 5) is 16.2.